The van der Waals surface area contributed by atoms with Gasteiger partial charge in [0, 0.05) is 0 Å². The molecular weight excluding hydrogens is 344 g/mol. The third-order valence-electron chi connectivity index (χ3n) is 4.19. The Morgan fingerprint density at radius 3 is 2.62 bits per heavy atom. The lowest BCUT2D eigenvalue weighted by atomic mass is 9.87. The molecule has 0 unspecified atom stereocenters. The van der Waals surface area contributed by atoms with Crippen LogP contribution >= 0.6 is 11.3 Å². The number of hydrogen-bond acceptors (Lipinski definition) is 4. The van der Waals surface area contributed by atoms with Gasteiger partial charge < -0.3 is 4.74 Å². The zero-order valence-electron chi connectivity index (χ0n) is 15.8. The maximum atomic E-state index is 12.2. The standard InChI is InChI=1S/C21H24N2O2S/c1-13-6-9-17(14(2)10-13)25-12-19(24)23-20-22-16-8-7-15(21(3,4)5)11-18(16)26-20/h6-11H,12H2,1-5H3,(H,22,23,24). The highest BCUT2D eigenvalue weighted by Crippen LogP contribution is 2.31. The molecule has 0 radical (unpaired) electrons. The normalized spacial score (nSPS) is 11.6. The number of nitrogens with one attached hydrogen (secondary N) is 1. The van der Waals surface area contributed by atoms with Crippen molar-refractivity contribution in [2.45, 2.75) is 40.0 Å². The van der Waals surface area contributed by atoms with E-state index in [0.29, 0.717) is 5.13 Å². The molecule has 0 aliphatic heterocycles. The molecule has 0 aliphatic carbocycles. The number of benzene rings is 2. The summed E-state index contributed by atoms with van der Waals surface area (Å²) in [6.45, 7) is 10.5. The summed E-state index contributed by atoms with van der Waals surface area (Å²) < 4.78 is 6.70. The second kappa shape index (κ2) is 7.08. The van der Waals surface area contributed by atoms with E-state index in [4.69, 9.17) is 4.74 Å². The molecule has 2 aromatic carbocycles. The van der Waals surface area contributed by atoms with E-state index in [0.717, 1.165) is 21.5 Å². The van der Waals surface area contributed by atoms with E-state index in [2.05, 4.69) is 43.2 Å². The lowest BCUT2D eigenvalue weighted by molar-refractivity contribution is -0.118. The number of aryl methyl sites for hydroxylation is 2. The van der Waals surface area contributed by atoms with Crippen LogP contribution in [0, 0.1) is 13.8 Å². The maximum absolute atomic E-state index is 12.2. The lowest BCUT2D eigenvalue weighted by Gasteiger charge is -2.18. The molecule has 0 fully saturated rings. The van der Waals surface area contributed by atoms with E-state index in [-0.39, 0.29) is 17.9 Å². The molecule has 0 aliphatic rings. The van der Waals surface area contributed by atoms with Crippen LogP contribution in [0.15, 0.2) is 36.4 Å². The molecule has 0 saturated heterocycles. The molecule has 1 amide bonds. The molecule has 0 spiro atoms. The van der Waals surface area contributed by atoms with Crippen molar-refractivity contribution in [1.29, 1.82) is 0 Å². The van der Waals surface area contributed by atoms with Gasteiger partial charge in [0.25, 0.3) is 5.91 Å². The molecule has 136 valence electrons. The highest BCUT2D eigenvalue weighted by molar-refractivity contribution is 7.22. The Hall–Kier alpha value is -2.40. The molecule has 4 nitrogen and oxygen atoms in total. The maximum Gasteiger partial charge on any atom is 0.264 e. The summed E-state index contributed by atoms with van der Waals surface area (Å²) in [6.07, 6.45) is 0. The Bertz CT molecular complexity index is 954. The van der Waals surface area contributed by atoms with Gasteiger partial charge in [-0.3, -0.25) is 10.1 Å². The summed E-state index contributed by atoms with van der Waals surface area (Å²) in [7, 11) is 0. The van der Waals surface area contributed by atoms with E-state index < -0.39 is 0 Å². The average molecular weight is 369 g/mol. The molecule has 1 N–H and O–H groups in total. The number of carbonyl (C=O) groups excluding carboxylic acids is 1. The van der Waals surface area contributed by atoms with Crippen LogP contribution in [0.4, 0.5) is 5.13 Å². The van der Waals surface area contributed by atoms with Crippen LogP contribution < -0.4 is 10.1 Å². The molecule has 26 heavy (non-hydrogen) atoms. The van der Waals surface area contributed by atoms with Crippen LogP contribution in [-0.4, -0.2) is 17.5 Å². The predicted octanol–water partition coefficient (Wildman–Crippen LogP) is 5.23. The van der Waals surface area contributed by atoms with Gasteiger partial charge in [0.15, 0.2) is 11.7 Å². The number of rotatable bonds is 4. The van der Waals surface area contributed by atoms with Crippen molar-refractivity contribution in [1.82, 2.24) is 4.98 Å². The molecule has 5 heteroatoms. The van der Waals surface area contributed by atoms with Crippen molar-refractivity contribution < 1.29 is 9.53 Å². The van der Waals surface area contributed by atoms with Crippen molar-refractivity contribution in [3.8, 4) is 5.75 Å². The first kappa shape index (κ1) is 18.4. The van der Waals surface area contributed by atoms with Crippen molar-refractivity contribution in [3.05, 3.63) is 53.1 Å². The third kappa shape index (κ3) is 4.22. The van der Waals surface area contributed by atoms with Gasteiger partial charge in [0.1, 0.15) is 5.75 Å². The van der Waals surface area contributed by atoms with Crippen molar-refractivity contribution in [2.75, 3.05) is 11.9 Å². The fourth-order valence-corrected chi connectivity index (χ4v) is 3.63. The molecule has 1 aromatic heterocycles. The van der Waals surface area contributed by atoms with Gasteiger partial charge >= 0.3 is 0 Å². The number of aromatic nitrogens is 1. The van der Waals surface area contributed by atoms with Gasteiger partial charge in [0.05, 0.1) is 10.2 Å². The first-order valence-corrected chi connectivity index (χ1v) is 9.45. The van der Waals surface area contributed by atoms with Gasteiger partial charge in [-0.05, 0) is 48.6 Å². The number of carbonyl (C=O) groups is 1. The van der Waals surface area contributed by atoms with Crippen LogP contribution in [0.5, 0.6) is 5.75 Å². The largest absolute Gasteiger partial charge is 0.483 e. The average Bonchev–Trinajstić information content (AvgIpc) is 2.94. The molecule has 0 saturated carbocycles. The van der Waals surface area contributed by atoms with Crippen molar-refractivity contribution in [2.24, 2.45) is 0 Å². The summed E-state index contributed by atoms with van der Waals surface area (Å²) in [6, 6.07) is 12.2. The van der Waals surface area contributed by atoms with Gasteiger partial charge in [-0.2, -0.15) is 0 Å². The van der Waals surface area contributed by atoms with Crippen LogP contribution in [0.25, 0.3) is 10.2 Å². The molecule has 0 atom stereocenters. The van der Waals surface area contributed by atoms with Crippen molar-refractivity contribution in [3.63, 3.8) is 0 Å². The van der Waals surface area contributed by atoms with Crippen LogP contribution in [0.2, 0.25) is 0 Å². The van der Waals surface area contributed by atoms with E-state index in [9.17, 15) is 4.79 Å². The minimum atomic E-state index is -0.208. The van der Waals surface area contributed by atoms with Gasteiger partial charge in [-0.25, -0.2) is 4.98 Å². The Morgan fingerprint density at radius 1 is 1.15 bits per heavy atom. The highest BCUT2D eigenvalue weighted by atomic mass is 32.1. The van der Waals surface area contributed by atoms with Crippen LogP contribution in [-0.2, 0) is 10.2 Å². The molecule has 1 heterocycles. The van der Waals surface area contributed by atoms with E-state index >= 15 is 0 Å². The summed E-state index contributed by atoms with van der Waals surface area (Å²) in [4.78, 5) is 16.7. The lowest BCUT2D eigenvalue weighted by Crippen LogP contribution is -2.20. The first-order valence-electron chi connectivity index (χ1n) is 8.63. The topological polar surface area (TPSA) is 51.2 Å². The quantitative estimate of drug-likeness (QED) is 0.686. The fraction of sp³-hybridized carbons (Fsp3) is 0.333. The van der Waals surface area contributed by atoms with Crippen molar-refractivity contribution >= 4 is 32.6 Å². The Balaban J connectivity index is 1.67. The predicted molar refractivity (Wildman–Crippen MR) is 108 cm³/mol. The van der Waals surface area contributed by atoms with Gasteiger partial charge in [0.2, 0.25) is 0 Å². The smallest absolute Gasteiger partial charge is 0.264 e. The number of ether oxygens (including phenoxy) is 1. The zero-order valence-corrected chi connectivity index (χ0v) is 16.7. The second-order valence-corrected chi connectivity index (χ2v) is 8.59. The summed E-state index contributed by atoms with van der Waals surface area (Å²) >= 11 is 1.48. The van der Waals surface area contributed by atoms with Gasteiger partial charge in [-0.15, -0.1) is 0 Å². The third-order valence-corrected chi connectivity index (χ3v) is 5.12. The van der Waals surface area contributed by atoms with Gasteiger partial charge in [-0.1, -0.05) is 55.9 Å². The molecule has 3 aromatic rings. The van der Waals surface area contributed by atoms with Crippen LogP contribution in [0.1, 0.15) is 37.5 Å². The summed E-state index contributed by atoms with van der Waals surface area (Å²) in [5.74, 6) is 0.518. The van der Waals surface area contributed by atoms with E-state index in [1.807, 2.05) is 38.1 Å². The number of hydrogen-bond donors (Lipinski definition) is 1. The number of nitrogens with zero attached hydrogens (tertiary/aromatic N) is 1. The first-order chi connectivity index (χ1) is 12.2. The fourth-order valence-electron chi connectivity index (χ4n) is 2.70. The van der Waals surface area contributed by atoms with E-state index in [1.165, 1.54) is 22.5 Å². The Kier molecular flexibility index (Phi) is 5.01. The zero-order chi connectivity index (χ0) is 18.9. The number of fused-ring (bicyclic) bond motifs is 1. The Morgan fingerprint density at radius 2 is 1.92 bits per heavy atom. The van der Waals surface area contributed by atoms with Crippen LogP contribution in [0.3, 0.4) is 0 Å². The number of anilines is 1. The Labute approximate surface area is 158 Å². The number of amides is 1. The minimum absolute atomic E-state index is 0.0347. The minimum Gasteiger partial charge on any atom is -0.483 e. The summed E-state index contributed by atoms with van der Waals surface area (Å²) in [5, 5.41) is 3.43. The SMILES string of the molecule is Cc1ccc(OCC(=O)Nc2nc3ccc(C(C)(C)C)cc3s2)c(C)c1. The molecule has 3 rings (SSSR count). The number of thiazole rings is 1. The monoisotopic (exact) mass is 368 g/mol. The summed E-state index contributed by atoms with van der Waals surface area (Å²) in [5.41, 5.74) is 4.43. The molecule has 0 bridgehead atoms. The van der Waals surface area contributed by atoms with E-state index in [1.54, 1.807) is 0 Å². The highest BCUT2D eigenvalue weighted by Gasteiger charge is 2.16. The molecular formula is C21H24N2O2S. The second-order valence-electron chi connectivity index (χ2n) is 7.56.